The Morgan fingerprint density at radius 1 is 1.18 bits per heavy atom. The normalized spacial score (nSPS) is 16.2. The van der Waals surface area contributed by atoms with Gasteiger partial charge in [0, 0.05) is 31.1 Å². The molecule has 1 atom stereocenters. The largest absolute Gasteiger partial charge is 0.497 e. The van der Waals surface area contributed by atoms with Crippen LogP contribution in [0.3, 0.4) is 0 Å². The fraction of sp³-hybridized carbons (Fsp3) is 0.467. The predicted molar refractivity (Wildman–Crippen MR) is 146 cm³/mol. The van der Waals surface area contributed by atoms with E-state index < -0.39 is 35.0 Å². The highest BCUT2D eigenvalue weighted by Gasteiger charge is 2.42. The van der Waals surface area contributed by atoms with Crippen molar-refractivity contribution in [2.75, 3.05) is 45.7 Å². The Labute approximate surface area is 231 Å². The first-order valence-corrected chi connectivity index (χ1v) is 13.4. The molecule has 1 saturated heterocycles. The van der Waals surface area contributed by atoms with Crippen LogP contribution >= 0.6 is 0 Å². The number of aliphatic carboxylic acids is 1. The van der Waals surface area contributed by atoms with Crippen molar-refractivity contribution in [2.45, 2.75) is 44.7 Å². The summed E-state index contributed by atoms with van der Waals surface area (Å²) in [7, 11) is 5.17. The van der Waals surface area contributed by atoms with Crippen LogP contribution in [0.2, 0.25) is 0 Å². The average molecular weight is 562 g/mol. The number of anilines is 1. The van der Waals surface area contributed by atoms with Gasteiger partial charge in [-0.05, 0) is 88.0 Å². The van der Waals surface area contributed by atoms with Crippen molar-refractivity contribution in [3.8, 4) is 5.75 Å². The van der Waals surface area contributed by atoms with Crippen LogP contribution in [0.1, 0.15) is 49.4 Å². The lowest BCUT2D eigenvalue weighted by atomic mass is 9.74. The van der Waals surface area contributed by atoms with E-state index in [1.807, 2.05) is 14.1 Å². The third-order valence-corrected chi connectivity index (χ3v) is 8.02. The molecule has 0 unspecified atom stereocenters. The highest BCUT2D eigenvalue weighted by molar-refractivity contribution is 5.88. The van der Waals surface area contributed by atoms with Crippen LogP contribution in [0, 0.1) is 22.9 Å². The van der Waals surface area contributed by atoms with E-state index in [4.69, 9.17) is 4.74 Å². The van der Waals surface area contributed by atoms with Crippen molar-refractivity contribution in [1.29, 1.82) is 0 Å². The topological polar surface area (TPSA) is 65.9 Å². The monoisotopic (exact) mass is 561 g/mol. The lowest BCUT2D eigenvalue weighted by molar-refractivity contribution is -0.153. The number of carbonyl (C=O) groups is 1. The Morgan fingerprint density at radius 3 is 2.55 bits per heavy atom. The van der Waals surface area contributed by atoms with E-state index >= 15 is 4.39 Å². The number of nitrogens with zero attached hydrogens (tertiary/aromatic N) is 3. The van der Waals surface area contributed by atoms with Gasteiger partial charge in [0.1, 0.15) is 17.7 Å². The van der Waals surface area contributed by atoms with E-state index in [1.54, 1.807) is 36.4 Å². The molecule has 216 valence electrons. The van der Waals surface area contributed by atoms with Gasteiger partial charge in [-0.1, -0.05) is 0 Å². The third-order valence-electron chi connectivity index (χ3n) is 8.02. The van der Waals surface area contributed by atoms with Gasteiger partial charge in [-0.3, -0.25) is 9.78 Å². The molecule has 1 aromatic heterocycles. The number of benzene rings is 2. The molecule has 2 aromatic carbocycles. The molecule has 4 rings (SSSR count). The molecule has 40 heavy (non-hydrogen) atoms. The molecule has 3 aromatic rings. The maximum Gasteiger partial charge on any atom is 0.309 e. The number of aryl methyl sites for hydroxylation is 1. The molecule has 0 bridgehead atoms. The number of ether oxygens (including phenoxy) is 1. The van der Waals surface area contributed by atoms with Crippen LogP contribution in [0.15, 0.2) is 36.5 Å². The number of aromatic nitrogens is 1. The number of pyridine rings is 1. The Bertz CT molecular complexity index is 1360. The first-order valence-electron chi connectivity index (χ1n) is 13.4. The number of fused-ring (bicyclic) bond motifs is 1. The van der Waals surface area contributed by atoms with Crippen LogP contribution < -0.4 is 9.64 Å². The number of likely N-dealkylation sites (tertiary alicyclic amines) is 1. The van der Waals surface area contributed by atoms with Crippen LogP contribution in [-0.4, -0.2) is 61.8 Å². The van der Waals surface area contributed by atoms with Crippen molar-refractivity contribution < 1.29 is 32.2 Å². The highest BCUT2D eigenvalue weighted by atomic mass is 19.2. The molecule has 0 aliphatic carbocycles. The summed E-state index contributed by atoms with van der Waals surface area (Å²) in [5.41, 5.74) is 0.653. The SMILES string of the molecule is COc1ccc2ncc(N(C)C)c([C@@H](F)CCC3(C(=O)O)CCN(CCCc4cc(F)cc(F)c4F)CC3)c2c1. The van der Waals surface area contributed by atoms with Gasteiger partial charge < -0.3 is 19.6 Å². The number of carboxylic acid groups (broad SMARTS) is 1. The average Bonchev–Trinajstić information content (AvgIpc) is 2.93. The molecule has 1 N–H and O–H groups in total. The van der Waals surface area contributed by atoms with Crippen LogP contribution in [0.5, 0.6) is 5.75 Å². The summed E-state index contributed by atoms with van der Waals surface area (Å²) in [4.78, 5) is 20.7. The standard InChI is InChI=1S/C30H35F4N3O3/c1-36(2)26-18-35-25-7-6-21(40-3)17-22(25)27(26)23(32)8-9-30(29(38)39)10-13-37(14-11-30)12-4-5-19-15-20(31)16-24(33)28(19)34/h6-7,15-18,23H,4-5,8-14H2,1-3H3,(H,38,39)/t23-/m0/s1. The predicted octanol–water partition coefficient (Wildman–Crippen LogP) is 6.32. The fourth-order valence-electron chi connectivity index (χ4n) is 5.60. The van der Waals surface area contributed by atoms with Gasteiger partial charge >= 0.3 is 5.97 Å². The van der Waals surface area contributed by atoms with E-state index in [9.17, 15) is 23.1 Å². The van der Waals surface area contributed by atoms with E-state index in [0.29, 0.717) is 72.9 Å². The highest BCUT2D eigenvalue weighted by Crippen LogP contribution is 2.43. The summed E-state index contributed by atoms with van der Waals surface area (Å²) in [5, 5.41) is 10.8. The maximum absolute atomic E-state index is 16.0. The zero-order chi connectivity index (χ0) is 29.0. The first kappa shape index (κ1) is 29.6. The molecule has 6 nitrogen and oxygen atoms in total. The van der Waals surface area contributed by atoms with Crippen molar-refractivity contribution in [1.82, 2.24) is 9.88 Å². The minimum absolute atomic E-state index is 0.0123. The van der Waals surface area contributed by atoms with Gasteiger partial charge in [-0.25, -0.2) is 17.6 Å². The summed E-state index contributed by atoms with van der Waals surface area (Å²) >= 11 is 0. The van der Waals surface area contributed by atoms with Gasteiger partial charge in [0.05, 0.1) is 29.9 Å². The second-order valence-electron chi connectivity index (χ2n) is 10.7. The second kappa shape index (κ2) is 12.4. The summed E-state index contributed by atoms with van der Waals surface area (Å²) < 4.78 is 62.2. The number of hydrogen-bond donors (Lipinski definition) is 1. The van der Waals surface area contributed by atoms with Gasteiger partial charge in [0.2, 0.25) is 0 Å². The Hall–Kier alpha value is -3.40. The number of alkyl halides is 1. The molecule has 0 spiro atoms. The van der Waals surface area contributed by atoms with Gasteiger partial charge in [0.25, 0.3) is 0 Å². The molecule has 1 fully saturated rings. The first-order chi connectivity index (χ1) is 19.0. The number of carboxylic acids is 1. The minimum atomic E-state index is -1.41. The van der Waals surface area contributed by atoms with Crippen LogP contribution in [0.25, 0.3) is 10.9 Å². The van der Waals surface area contributed by atoms with Gasteiger partial charge in [-0.15, -0.1) is 0 Å². The summed E-state index contributed by atoms with van der Waals surface area (Å²) in [6.07, 6.45) is 1.77. The number of piperidine rings is 1. The van der Waals surface area contributed by atoms with Crippen molar-refractivity contribution in [2.24, 2.45) is 5.41 Å². The van der Waals surface area contributed by atoms with Crippen LogP contribution in [-0.2, 0) is 11.2 Å². The molecule has 2 heterocycles. The van der Waals surface area contributed by atoms with Gasteiger partial charge in [-0.2, -0.15) is 0 Å². The lowest BCUT2D eigenvalue weighted by Crippen LogP contribution is -2.44. The zero-order valence-electron chi connectivity index (χ0n) is 23.0. The number of halogens is 4. The Morgan fingerprint density at radius 2 is 1.90 bits per heavy atom. The van der Waals surface area contributed by atoms with Crippen molar-refractivity contribution >= 4 is 22.6 Å². The lowest BCUT2D eigenvalue weighted by Gasteiger charge is -2.39. The molecule has 0 amide bonds. The molecule has 1 aliphatic heterocycles. The Balaban J connectivity index is 1.41. The smallest absolute Gasteiger partial charge is 0.309 e. The molecule has 10 heteroatoms. The van der Waals surface area contributed by atoms with Crippen molar-refractivity contribution in [3.63, 3.8) is 0 Å². The second-order valence-corrected chi connectivity index (χ2v) is 10.7. The summed E-state index contributed by atoms with van der Waals surface area (Å²) in [5.74, 6) is -3.42. The maximum atomic E-state index is 16.0. The quantitative estimate of drug-likeness (QED) is 0.218. The van der Waals surface area contributed by atoms with Crippen molar-refractivity contribution in [3.05, 3.63) is 65.1 Å². The molecular weight excluding hydrogens is 526 g/mol. The number of rotatable bonds is 11. The summed E-state index contributed by atoms with van der Waals surface area (Å²) in [6, 6.07) is 6.82. The van der Waals surface area contributed by atoms with E-state index in [0.717, 1.165) is 6.07 Å². The molecule has 0 saturated carbocycles. The third kappa shape index (κ3) is 6.32. The number of methoxy groups -OCH3 is 1. The molecule has 0 radical (unpaired) electrons. The Kier molecular flexibility index (Phi) is 9.18. The minimum Gasteiger partial charge on any atom is -0.497 e. The fourth-order valence-corrected chi connectivity index (χ4v) is 5.60. The number of hydrogen-bond acceptors (Lipinski definition) is 5. The van der Waals surface area contributed by atoms with Gasteiger partial charge in [0.15, 0.2) is 11.6 Å². The van der Waals surface area contributed by atoms with Crippen LogP contribution in [0.4, 0.5) is 23.2 Å². The molecular formula is C30H35F4N3O3. The van der Waals surface area contributed by atoms with E-state index in [1.165, 1.54) is 0 Å². The van der Waals surface area contributed by atoms with E-state index in [2.05, 4.69) is 9.88 Å². The summed E-state index contributed by atoms with van der Waals surface area (Å²) in [6.45, 7) is 1.51. The zero-order valence-corrected chi connectivity index (χ0v) is 23.0. The molecule has 1 aliphatic rings. The van der Waals surface area contributed by atoms with E-state index in [-0.39, 0.29) is 24.8 Å².